The van der Waals surface area contributed by atoms with Gasteiger partial charge in [-0.25, -0.2) is 0 Å². The van der Waals surface area contributed by atoms with E-state index in [-0.39, 0.29) is 17.5 Å². The Kier molecular flexibility index (Phi) is 4.11. The van der Waals surface area contributed by atoms with E-state index in [4.69, 9.17) is 9.47 Å². The number of carbonyl (C=O) groups excluding carboxylic acids is 1. The summed E-state index contributed by atoms with van der Waals surface area (Å²) < 4.78 is 10.3. The summed E-state index contributed by atoms with van der Waals surface area (Å²) in [4.78, 5) is 13.5. The highest BCUT2D eigenvalue weighted by Crippen LogP contribution is 2.17. The van der Waals surface area contributed by atoms with E-state index in [1.807, 2.05) is 6.92 Å². The summed E-state index contributed by atoms with van der Waals surface area (Å²) in [7, 11) is 1.43. The zero-order valence-electron chi connectivity index (χ0n) is 10.1. The molecule has 1 unspecified atom stereocenters. The first-order valence-corrected chi connectivity index (χ1v) is 5.39. The lowest BCUT2D eigenvalue weighted by molar-refractivity contribution is -0.147. The maximum absolute atomic E-state index is 11.3. The van der Waals surface area contributed by atoms with Crippen molar-refractivity contribution >= 4 is 5.97 Å². The predicted octanol–water partition coefficient (Wildman–Crippen LogP) is 0.906. The molecule has 0 aromatic heterocycles. The van der Waals surface area contributed by atoms with Crippen molar-refractivity contribution in [2.75, 3.05) is 33.4 Å². The minimum absolute atomic E-state index is 0.0658. The minimum atomic E-state index is -0.140. The molecule has 0 aromatic rings. The number of morpholine rings is 1. The van der Waals surface area contributed by atoms with Crippen molar-refractivity contribution < 1.29 is 14.3 Å². The van der Waals surface area contributed by atoms with Crippen LogP contribution in [0.3, 0.4) is 0 Å². The normalized spacial score (nSPS) is 23.5. The van der Waals surface area contributed by atoms with Crippen molar-refractivity contribution in [2.45, 2.75) is 26.4 Å². The molecule has 1 saturated heterocycles. The second-order valence-corrected chi connectivity index (χ2v) is 4.77. The number of hydrogen-bond acceptors (Lipinski definition) is 4. The fourth-order valence-electron chi connectivity index (χ4n) is 1.93. The second kappa shape index (κ2) is 4.94. The van der Waals surface area contributed by atoms with Crippen molar-refractivity contribution in [2.24, 2.45) is 5.92 Å². The summed E-state index contributed by atoms with van der Waals surface area (Å²) in [5.74, 6) is -0.205. The van der Waals surface area contributed by atoms with Gasteiger partial charge in [0.15, 0.2) is 0 Å². The summed E-state index contributed by atoms with van der Waals surface area (Å²) >= 11 is 0. The van der Waals surface area contributed by atoms with Gasteiger partial charge in [0.05, 0.1) is 25.2 Å². The van der Waals surface area contributed by atoms with Crippen LogP contribution < -0.4 is 0 Å². The standard InChI is InChI=1S/C11H21NO3/c1-9(10(13)14-4)7-12-5-6-15-11(2,3)8-12/h9H,5-8H2,1-4H3. The molecule has 0 amide bonds. The average molecular weight is 215 g/mol. The monoisotopic (exact) mass is 215 g/mol. The van der Waals surface area contributed by atoms with Crippen LogP contribution >= 0.6 is 0 Å². The van der Waals surface area contributed by atoms with Gasteiger partial charge in [-0.1, -0.05) is 6.92 Å². The van der Waals surface area contributed by atoms with Crippen molar-refractivity contribution in [3.63, 3.8) is 0 Å². The van der Waals surface area contributed by atoms with E-state index in [2.05, 4.69) is 18.7 Å². The van der Waals surface area contributed by atoms with Gasteiger partial charge in [0, 0.05) is 19.6 Å². The van der Waals surface area contributed by atoms with Crippen molar-refractivity contribution in [3.8, 4) is 0 Å². The Morgan fingerprint density at radius 3 is 2.80 bits per heavy atom. The molecule has 1 atom stereocenters. The number of esters is 1. The lowest BCUT2D eigenvalue weighted by Gasteiger charge is -2.38. The molecule has 15 heavy (non-hydrogen) atoms. The van der Waals surface area contributed by atoms with Gasteiger partial charge in [-0.05, 0) is 13.8 Å². The molecule has 0 aromatic carbocycles. The first kappa shape index (κ1) is 12.5. The van der Waals surface area contributed by atoms with Crippen LogP contribution in [0.15, 0.2) is 0 Å². The third-order valence-corrected chi connectivity index (χ3v) is 2.64. The highest BCUT2D eigenvalue weighted by molar-refractivity contribution is 5.72. The Morgan fingerprint density at radius 2 is 2.27 bits per heavy atom. The summed E-state index contributed by atoms with van der Waals surface area (Å²) in [5.41, 5.74) is -0.103. The molecule has 1 rings (SSSR count). The quantitative estimate of drug-likeness (QED) is 0.656. The predicted molar refractivity (Wildman–Crippen MR) is 57.7 cm³/mol. The molecule has 0 spiro atoms. The molecule has 0 saturated carbocycles. The number of hydrogen-bond donors (Lipinski definition) is 0. The topological polar surface area (TPSA) is 38.8 Å². The Morgan fingerprint density at radius 1 is 1.60 bits per heavy atom. The molecule has 0 radical (unpaired) electrons. The highest BCUT2D eigenvalue weighted by atomic mass is 16.5. The van der Waals surface area contributed by atoms with E-state index >= 15 is 0 Å². The molecule has 0 aliphatic carbocycles. The smallest absolute Gasteiger partial charge is 0.309 e. The van der Waals surface area contributed by atoms with E-state index in [1.165, 1.54) is 7.11 Å². The zero-order valence-corrected chi connectivity index (χ0v) is 10.1. The van der Waals surface area contributed by atoms with E-state index in [0.29, 0.717) is 0 Å². The first-order valence-electron chi connectivity index (χ1n) is 5.39. The number of carbonyl (C=O) groups is 1. The van der Waals surface area contributed by atoms with Gasteiger partial charge in [-0.3, -0.25) is 9.69 Å². The lowest BCUT2D eigenvalue weighted by Crippen LogP contribution is -2.50. The summed E-state index contributed by atoms with van der Waals surface area (Å²) in [6.07, 6.45) is 0. The fourth-order valence-corrected chi connectivity index (χ4v) is 1.93. The Labute approximate surface area is 91.5 Å². The number of rotatable bonds is 3. The van der Waals surface area contributed by atoms with Crippen LogP contribution in [0.4, 0.5) is 0 Å². The summed E-state index contributed by atoms with van der Waals surface area (Å²) in [5, 5.41) is 0. The molecule has 1 aliphatic rings. The van der Waals surface area contributed by atoms with Crippen molar-refractivity contribution in [1.82, 2.24) is 4.90 Å². The molecule has 1 heterocycles. The Hall–Kier alpha value is -0.610. The van der Waals surface area contributed by atoms with E-state index in [1.54, 1.807) is 0 Å². The number of ether oxygens (including phenoxy) is 2. The third kappa shape index (κ3) is 3.80. The second-order valence-electron chi connectivity index (χ2n) is 4.77. The largest absolute Gasteiger partial charge is 0.469 e. The van der Waals surface area contributed by atoms with Gasteiger partial charge < -0.3 is 9.47 Å². The van der Waals surface area contributed by atoms with Crippen LogP contribution in [0.2, 0.25) is 0 Å². The fraction of sp³-hybridized carbons (Fsp3) is 0.909. The van der Waals surface area contributed by atoms with Crippen LogP contribution in [0.5, 0.6) is 0 Å². The van der Waals surface area contributed by atoms with Gasteiger partial charge in [-0.2, -0.15) is 0 Å². The van der Waals surface area contributed by atoms with Gasteiger partial charge in [0.2, 0.25) is 0 Å². The van der Waals surface area contributed by atoms with Gasteiger partial charge in [0.25, 0.3) is 0 Å². The molecule has 0 bridgehead atoms. The molecular weight excluding hydrogens is 194 g/mol. The molecule has 4 nitrogen and oxygen atoms in total. The highest BCUT2D eigenvalue weighted by Gasteiger charge is 2.29. The number of methoxy groups -OCH3 is 1. The van der Waals surface area contributed by atoms with Crippen LogP contribution in [0.1, 0.15) is 20.8 Å². The minimum Gasteiger partial charge on any atom is -0.469 e. The lowest BCUT2D eigenvalue weighted by atomic mass is 10.1. The van der Waals surface area contributed by atoms with Crippen LogP contribution in [0.25, 0.3) is 0 Å². The Balaban J connectivity index is 2.41. The van der Waals surface area contributed by atoms with Crippen LogP contribution in [-0.2, 0) is 14.3 Å². The summed E-state index contributed by atoms with van der Waals surface area (Å²) in [6, 6.07) is 0. The summed E-state index contributed by atoms with van der Waals surface area (Å²) in [6.45, 7) is 9.29. The van der Waals surface area contributed by atoms with Crippen LogP contribution in [-0.4, -0.2) is 49.8 Å². The molecule has 0 N–H and O–H groups in total. The van der Waals surface area contributed by atoms with Gasteiger partial charge >= 0.3 is 5.97 Å². The molecule has 88 valence electrons. The molecule has 4 heteroatoms. The number of nitrogens with zero attached hydrogens (tertiary/aromatic N) is 1. The maximum Gasteiger partial charge on any atom is 0.309 e. The zero-order chi connectivity index (χ0) is 11.5. The van der Waals surface area contributed by atoms with Crippen molar-refractivity contribution in [1.29, 1.82) is 0 Å². The van der Waals surface area contributed by atoms with E-state index in [0.717, 1.165) is 26.2 Å². The molecule has 1 fully saturated rings. The Bertz CT molecular complexity index is 228. The van der Waals surface area contributed by atoms with Gasteiger partial charge in [0.1, 0.15) is 0 Å². The van der Waals surface area contributed by atoms with Gasteiger partial charge in [-0.15, -0.1) is 0 Å². The van der Waals surface area contributed by atoms with E-state index in [9.17, 15) is 4.79 Å². The van der Waals surface area contributed by atoms with Crippen molar-refractivity contribution in [3.05, 3.63) is 0 Å². The SMILES string of the molecule is COC(=O)C(C)CN1CCOC(C)(C)C1. The van der Waals surface area contributed by atoms with Crippen LogP contribution in [0, 0.1) is 5.92 Å². The van der Waals surface area contributed by atoms with E-state index < -0.39 is 0 Å². The average Bonchev–Trinajstić information content (AvgIpc) is 2.14. The molecule has 1 aliphatic heterocycles. The molecular formula is C11H21NO3. The first-order chi connectivity index (χ1) is 6.94. The third-order valence-electron chi connectivity index (χ3n) is 2.64. The maximum atomic E-state index is 11.3.